The zero-order valence-corrected chi connectivity index (χ0v) is 39.9. The third-order valence-electron chi connectivity index (χ3n) is 15.5. The molecule has 2 heteroatoms. The number of anilines is 3. The van der Waals surface area contributed by atoms with Gasteiger partial charge in [0.15, 0.2) is 0 Å². The molecule has 1 heterocycles. The van der Waals surface area contributed by atoms with E-state index in [4.69, 9.17) is 4.42 Å². The van der Waals surface area contributed by atoms with Crippen LogP contribution in [0, 0.1) is 0 Å². The minimum Gasteiger partial charge on any atom is -0.456 e. The van der Waals surface area contributed by atoms with Crippen LogP contribution in [0.2, 0.25) is 0 Å². The third kappa shape index (κ3) is 6.21. The smallest absolute Gasteiger partial charge is 0.136 e. The number of benzene rings is 11. The van der Waals surface area contributed by atoms with Gasteiger partial charge in [0.05, 0.1) is 11.1 Å². The van der Waals surface area contributed by atoms with Crippen LogP contribution in [-0.2, 0) is 10.8 Å². The summed E-state index contributed by atoms with van der Waals surface area (Å²) in [5.74, 6) is 0. The fourth-order valence-electron chi connectivity index (χ4n) is 12.2. The fraction of sp³-hybridized carbons (Fsp3) is 0.0725. The number of fused-ring (bicyclic) bond motifs is 14. The maximum Gasteiger partial charge on any atom is 0.136 e. The first-order chi connectivity index (χ1) is 34.8. The molecule has 0 N–H and O–H groups in total. The van der Waals surface area contributed by atoms with E-state index in [9.17, 15) is 0 Å². The SMILES string of the molecule is CC(C)(C)c1ccc(-c2ccc(-c3ccc(N(c4ccc5c(c4)-c4ccccc4C54c5ccccc5-c5ccccc54)c4ccc5ccccc5c4-c4cccc5oc6ccccc6c45)cc3)cc2)cc1. The van der Waals surface area contributed by atoms with Gasteiger partial charge in [-0.2, -0.15) is 0 Å². The Balaban J connectivity index is 0.972. The van der Waals surface area contributed by atoms with Crippen molar-refractivity contribution in [2.45, 2.75) is 31.6 Å². The lowest BCUT2D eigenvalue weighted by atomic mass is 9.70. The summed E-state index contributed by atoms with van der Waals surface area (Å²) in [7, 11) is 0. The molecular formula is C69H49NO. The molecule has 0 bridgehead atoms. The Morgan fingerprint density at radius 3 is 1.48 bits per heavy atom. The number of furan rings is 1. The molecule has 2 nitrogen and oxygen atoms in total. The molecule has 0 atom stereocenters. The quantitative estimate of drug-likeness (QED) is 0.165. The van der Waals surface area contributed by atoms with Crippen molar-refractivity contribution in [3.05, 3.63) is 270 Å². The summed E-state index contributed by atoms with van der Waals surface area (Å²) in [6.07, 6.45) is 0. The fourth-order valence-corrected chi connectivity index (χ4v) is 12.2. The predicted octanol–water partition coefficient (Wildman–Crippen LogP) is 18.9. The zero-order chi connectivity index (χ0) is 47.4. The van der Waals surface area contributed by atoms with E-state index in [0.29, 0.717) is 0 Å². The van der Waals surface area contributed by atoms with Gasteiger partial charge in [0, 0.05) is 27.7 Å². The van der Waals surface area contributed by atoms with Crippen LogP contribution in [0.5, 0.6) is 0 Å². The maximum atomic E-state index is 6.57. The first kappa shape index (κ1) is 41.3. The van der Waals surface area contributed by atoms with Crippen molar-refractivity contribution in [2.24, 2.45) is 0 Å². The molecule has 0 amide bonds. The van der Waals surface area contributed by atoms with Crippen LogP contribution in [0.1, 0.15) is 48.6 Å². The molecule has 0 aliphatic heterocycles. The standard InChI is InChI=1S/C69H49NO/c1-68(2,3)49-36-31-46(32-37-49)44-27-29-45(30-28-44)47-33-38-50(39-34-47)70(63-42-35-48-15-4-5-16-52(48)66(63)57-21-14-26-65-67(57)56-20-9-13-25-64(56)71-65)51-40-41-62-58(43-51)55-19-8-12-24-61(55)69(62)59-22-10-6-17-53(59)54-18-7-11-23-60(54)69/h4-43H,1-3H3. The van der Waals surface area contributed by atoms with Crippen LogP contribution in [0.3, 0.4) is 0 Å². The lowest BCUT2D eigenvalue weighted by molar-refractivity contribution is 0.590. The van der Waals surface area contributed by atoms with Crippen molar-refractivity contribution in [3.63, 3.8) is 0 Å². The van der Waals surface area contributed by atoms with Gasteiger partial charge in [0.2, 0.25) is 0 Å². The molecule has 0 radical (unpaired) electrons. The average Bonchev–Trinajstić information content (AvgIpc) is 4.07. The Morgan fingerprint density at radius 2 is 0.845 bits per heavy atom. The highest BCUT2D eigenvalue weighted by Crippen LogP contribution is 2.63. The van der Waals surface area contributed by atoms with Gasteiger partial charge in [-0.25, -0.2) is 0 Å². The highest BCUT2D eigenvalue weighted by molar-refractivity contribution is 6.18. The third-order valence-corrected chi connectivity index (χ3v) is 15.5. The number of para-hydroxylation sites is 1. The Hall–Kier alpha value is -8.72. The van der Waals surface area contributed by atoms with Gasteiger partial charge in [0.1, 0.15) is 11.2 Å². The Labute approximate surface area is 414 Å². The van der Waals surface area contributed by atoms with Crippen LogP contribution >= 0.6 is 0 Å². The van der Waals surface area contributed by atoms with Crippen LogP contribution in [-0.4, -0.2) is 0 Å². The molecule has 1 spiro atoms. The second-order valence-corrected chi connectivity index (χ2v) is 20.4. The largest absolute Gasteiger partial charge is 0.456 e. The van der Waals surface area contributed by atoms with Gasteiger partial charge in [-0.05, 0) is 137 Å². The van der Waals surface area contributed by atoms with Gasteiger partial charge < -0.3 is 9.32 Å². The number of hydrogen-bond donors (Lipinski definition) is 0. The number of rotatable bonds is 6. The van der Waals surface area contributed by atoms with Crippen LogP contribution in [0.4, 0.5) is 17.1 Å². The molecule has 336 valence electrons. The summed E-state index contributed by atoms with van der Waals surface area (Å²) in [5.41, 5.74) is 23.6. The van der Waals surface area contributed by atoms with E-state index in [0.717, 1.165) is 50.1 Å². The molecule has 11 aromatic carbocycles. The molecule has 1 aromatic heterocycles. The maximum absolute atomic E-state index is 6.57. The molecule has 14 rings (SSSR count). The Kier molecular flexibility index (Phi) is 9.10. The molecule has 0 saturated carbocycles. The minimum absolute atomic E-state index is 0.118. The van der Waals surface area contributed by atoms with E-state index < -0.39 is 5.41 Å². The van der Waals surface area contributed by atoms with E-state index >= 15 is 0 Å². The predicted molar refractivity (Wildman–Crippen MR) is 297 cm³/mol. The van der Waals surface area contributed by atoms with E-state index in [1.807, 2.05) is 0 Å². The van der Waals surface area contributed by atoms with E-state index in [2.05, 4.69) is 268 Å². The van der Waals surface area contributed by atoms with Crippen LogP contribution < -0.4 is 4.90 Å². The van der Waals surface area contributed by atoms with Crippen LogP contribution in [0.15, 0.2) is 247 Å². The van der Waals surface area contributed by atoms with E-state index in [1.165, 1.54) is 83.1 Å². The summed E-state index contributed by atoms with van der Waals surface area (Å²) in [6.45, 7) is 6.79. The molecule has 0 saturated heterocycles. The Morgan fingerprint density at radius 1 is 0.366 bits per heavy atom. The van der Waals surface area contributed by atoms with Gasteiger partial charge in [-0.3, -0.25) is 0 Å². The first-order valence-corrected chi connectivity index (χ1v) is 24.8. The molecule has 0 unspecified atom stereocenters. The molecule has 71 heavy (non-hydrogen) atoms. The topological polar surface area (TPSA) is 16.4 Å². The van der Waals surface area contributed by atoms with Crippen molar-refractivity contribution in [3.8, 4) is 55.6 Å². The van der Waals surface area contributed by atoms with Crippen LogP contribution in [0.25, 0.3) is 88.3 Å². The summed E-state index contributed by atoms with van der Waals surface area (Å²) in [5, 5.41) is 4.59. The lowest BCUT2D eigenvalue weighted by Gasteiger charge is -2.32. The van der Waals surface area contributed by atoms with Crippen molar-refractivity contribution in [1.29, 1.82) is 0 Å². The zero-order valence-electron chi connectivity index (χ0n) is 39.9. The average molecular weight is 908 g/mol. The normalized spacial score (nSPS) is 13.1. The number of hydrogen-bond acceptors (Lipinski definition) is 2. The Bertz CT molecular complexity index is 4030. The highest BCUT2D eigenvalue weighted by Gasteiger charge is 2.51. The molecule has 2 aliphatic rings. The summed E-state index contributed by atoms with van der Waals surface area (Å²) >= 11 is 0. The summed E-state index contributed by atoms with van der Waals surface area (Å²) < 4.78 is 6.57. The van der Waals surface area contributed by atoms with Crippen molar-refractivity contribution < 1.29 is 4.42 Å². The first-order valence-electron chi connectivity index (χ1n) is 24.8. The molecular weight excluding hydrogens is 859 g/mol. The molecule has 2 aliphatic carbocycles. The number of nitrogens with zero attached hydrogens (tertiary/aromatic N) is 1. The van der Waals surface area contributed by atoms with Crippen molar-refractivity contribution in [1.82, 2.24) is 0 Å². The minimum atomic E-state index is -0.429. The second-order valence-electron chi connectivity index (χ2n) is 20.4. The van der Waals surface area contributed by atoms with Crippen molar-refractivity contribution >= 4 is 49.8 Å². The van der Waals surface area contributed by atoms with E-state index in [-0.39, 0.29) is 5.41 Å². The summed E-state index contributed by atoms with van der Waals surface area (Å²) in [6, 6.07) is 90.0. The van der Waals surface area contributed by atoms with Crippen molar-refractivity contribution in [2.75, 3.05) is 4.90 Å². The second kappa shape index (κ2) is 15.7. The lowest BCUT2D eigenvalue weighted by Crippen LogP contribution is -2.25. The monoisotopic (exact) mass is 907 g/mol. The van der Waals surface area contributed by atoms with Gasteiger partial charge in [-0.1, -0.05) is 221 Å². The molecule has 0 fully saturated rings. The highest BCUT2D eigenvalue weighted by atomic mass is 16.3. The summed E-state index contributed by atoms with van der Waals surface area (Å²) in [4.78, 5) is 2.49. The molecule has 12 aromatic rings. The van der Waals surface area contributed by atoms with Gasteiger partial charge in [-0.15, -0.1) is 0 Å². The van der Waals surface area contributed by atoms with Gasteiger partial charge in [0.25, 0.3) is 0 Å². The van der Waals surface area contributed by atoms with Gasteiger partial charge >= 0.3 is 0 Å². The van der Waals surface area contributed by atoms with E-state index in [1.54, 1.807) is 0 Å².